The smallest absolute Gasteiger partial charge is 0.322 e. The van der Waals surface area contributed by atoms with Crippen LogP contribution in [0, 0.1) is 5.41 Å². The van der Waals surface area contributed by atoms with Gasteiger partial charge in [0.05, 0.1) is 11.9 Å². The van der Waals surface area contributed by atoms with Crippen molar-refractivity contribution in [1.29, 1.82) is 5.41 Å². The average molecular weight is 250 g/mol. The topological polar surface area (TPSA) is 129 Å². The number of carboxylic acid groups (broad SMARTS) is 1. The number of primary amides is 1. The molecule has 0 aromatic carbocycles. The largest absolute Gasteiger partial charge is 0.480 e. The molecule has 96 valence electrons. The number of nitrogens with zero attached hydrogens (tertiary/aromatic N) is 1. The normalized spacial score (nSPS) is 9.83. The molecule has 0 aliphatic heterocycles. The lowest BCUT2D eigenvalue weighted by Crippen LogP contribution is -2.25. The number of amides is 1. The maximum Gasteiger partial charge on any atom is 0.322 e. The molecule has 0 saturated carbocycles. The van der Waals surface area contributed by atoms with Gasteiger partial charge in [0.15, 0.2) is 0 Å². The molecule has 0 aliphatic carbocycles. The summed E-state index contributed by atoms with van der Waals surface area (Å²) >= 11 is 0. The molecule has 1 aromatic heterocycles. The summed E-state index contributed by atoms with van der Waals surface area (Å²) < 4.78 is 0. The Labute approximate surface area is 104 Å². The molecule has 0 fully saturated rings. The van der Waals surface area contributed by atoms with Crippen LogP contribution >= 0.6 is 0 Å². The summed E-state index contributed by atoms with van der Waals surface area (Å²) in [7, 11) is 0. The second-order valence-electron chi connectivity index (χ2n) is 3.56. The SMILES string of the molecule is CCc1cc(C(=N)C(N)=O)c(NCC(=O)O)cn1. The number of carbonyl (C=O) groups is 2. The maximum absolute atomic E-state index is 11.0. The molecule has 1 amide bonds. The zero-order valence-corrected chi connectivity index (χ0v) is 9.86. The number of anilines is 1. The van der Waals surface area contributed by atoms with Gasteiger partial charge in [-0.25, -0.2) is 0 Å². The van der Waals surface area contributed by atoms with Crippen molar-refractivity contribution in [2.24, 2.45) is 5.73 Å². The standard InChI is InChI=1S/C11H14N4O3/c1-2-6-3-7(10(12)11(13)18)8(4-14-6)15-5-9(16)17/h3-4,12,15H,2,5H2,1H3,(H2,13,18)(H,16,17). The number of hydrogen-bond acceptors (Lipinski definition) is 5. The lowest BCUT2D eigenvalue weighted by molar-refractivity contribution is -0.134. The van der Waals surface area contributed by atoms with Gasteiger partial charge in [0.1, 0.15) is 12.3 Å². The molecule has 1 heterocycles. The Balaban J connectivity index is 3.11. The Morgan fingerprint density at radius 3 is 2.72 bits per heavy atom. The second-order valence-corrected chi connectivity index (χ2v) is 3.56. The van der Waals surface area contributed by atoms with Crippen LogP contribution in [0.4, 0.5) is 5.69 Å². The summed E-state index contributed by atoms with van der Waals surface area (Å²) in [5.41, 5.74) is 5.94. The number of aliphatic carboxylic acids is 1. The monoisotopic (exact) mass is 250 g/mol. The summed E-state index contributed by atoms with van der Waals surface area (Å²) in [6, 6.07) is 1.55. The van der Waals surface area contributed by atoms with E-state index in [1.54, 1.807) is 6.07 Å². The van der Waals surface area contributed by atoms with Gasteiger partial charge in [0, 0.05) is 11.3 Å². The van der Waals surface area contributed by atoms with E-state index in [2.05, 4.69) is 10.3 Å². The minimum atomic E-state index is -1.05. The second kappa shape index (κ2) is 5.76. The number of aromatic nitrogens is 1. The molecule has 7 heteroatoms. The van der Waals surface area contributed by atoms with E-state index in [9.17, 15) is 9.59 Å². The van der Waals surface area contributed by atoms with E-state index in [0.717, 1.165) is 0 Å². The molecule has 0 unspecified atom stereocenters. The van der Waals surface area contributed by atoms with E-state index >= 15 is 0 Å². The summed E-state index contributed by atoms with van der Waals surface area (Å²) in [6.07, 6.45) is 2.03. The van der Waals surface area contributed by atoms with Crippen LogP contribution in [-0.2, 0) is 16.0 Å². The highest BCUT2D eigenvalue weighted by Crippen LogP contribution is 2.16. The van der Waals surface area contributed by atoms with Crippen molar-refractivity contribution in [3.8, 4) is 0 Å². The van der Waals surface area contributed by atoms with Gasteiger partial charge in [-0.3, -0.25) is 20.0 Å². The highest BCUT2D eigenvalue weighted by atomic mass is 16.4. The average Bonchev–Trinajstić information content (AvgIpc) is 2.35. The predicted molar refractivity (Wildman–Crippen MR) is 65.8 cm³/mol. The summed E-state index contributed by atoms with van der Waals surface area (Å²) in [5.74, 6) is -1.92. The number of nitrogens with two attached hydrogens (primary N) is 1. The van der Waals surface area contributed by atoms with Crippen LogP contribution in [-0.4, -0.2) is 34.2 Å². The van der Waals surface area contributed by atoms with Crippen molar-refractivity contribution in [2.45, 2.75) is 13.3 Å². The van der Waals surface area contributed by atoms with Gasteiger partial charge in [0.25, 0.3) is 5.91 Å². The number of rotatable bonds is 6. The molecular weight excluding hydrogens is 236 g/mol. The first kappa shape index (κ1) is 13.6. The third-order valence-electron chi connectivity index (χ3n) is 2.27. The first-order chi connectivity index (χ1) is 8.45. The van der Waals surface area contributed by atoms with Crippen molar-refractivity contribution in [1.82, 2.24) is 4.98 Å². The third kappa shape index (κ3) is 3.27. The summed E-state index contributed by atoms with van der Waals surface area (Å²) in [4.78, 5) is 25.6. The van der Waals surface area contributed by atoms with Crippen molar-refractivity contribution in [3.63, 3.8) is 0 Å². The highest BCUT2D eigenvalue weighted by Gasteiger charge is 2.14. The van der Waals surface area contributed by atoms with Crippen LogP contribution in [0.25, 0.3) is 0 Å². The van der Waals surface area contributed by atoms with Gasteiger partial charge in [-0.05, 0) is 12.5 Å². The number of carboxylic acids is 1. The molecule has 1 aromatic rings. The predicted octanol–water partition coefficient (Wildman–Crippen LogP) is -0.00633. The maximum atomic E-state index is 11.0. The van der Waals surface area contributed by atoms with Gasteiger partial charge < -0.3 is 16.2 Å². The van der Waals surface area contributed by atoms with Crippen LogP contribution in [0.15, 0.2) is 12.3 Å². The molecule has 7 nitrogen and oxygen atoms in total. The lowest BCUT2D eigenvalue weighted by atomic mass is 10.1. The van der Waals surface area contributed by atoms with Gasteiger partial charge in [-0.2, -0.15) is 0 Å². The number of nitrogens with one attached hydrogen (secondary N) is 2. The number of pyridine rings is 1. The van der Waals surface area contributed by atoms with Crippen molar-refractivity contribution in [3.05, 3.63) is 23.5 Å². The Bertz CT molecular complexity index is 499. The quantitative estimate of drug-likeness (QED) is 0.528. The van der Waals surface area contributed by atoms with Crippen LogP contribution in [0.3, 0.4) is 0 Å². The zero-order valence-electron chi connectivity index (χ0n) is 9.86. The number of carbonyl (C=O) groups excluding carboxylic acids is 1. The van der Waals surface area contributed by atoms with Gasteiger partial charge >= 0.3 is 5.97 Å². The molecular formula is C11H14N4O3. The third-order valence-corrected chi connectivity index (χ3v) is 2.27. The molecule has 0 radical (unpaired) electrons. The van der Waals surface area contributed by atoms with Crippen molar-refractivity contribution >= 4 is 23.3 Å². The van der Waals surface area contributed by atoms with E-state index in [1.165, 1.54) is 6.20 Å². The van der Waals surface area contributed by atoms with Crippen molar-refractivity contribution < 1.29 is 14.7 Å². The minimum Gasteiger partial charge on any atom is -0.480 e. The first-order valence-corrected chi connectivity index (χ1v) is 5.29. The highest BCUT2D eigenvalue weighted by molar-refractivity contribution is 6.44. The Morgan fingerprint density at radius 1 is 1.56 bits per heavy atom. The number of aryl methyl sites for hydroxylation is 1. The van der Waals surface area contributed by atoms with Gasteiger partial charge in [-0.1, -0.05) is 6.92 Å². The molecule has 0 bridgehead atoms. The Kier molecular flexibility index (Phi) is 4.36. The fourth-order valence-corrected chi connectivity index (χ4v) is 1.34. The van der Waals surface area contributed by atoms with Crippen molar-refractivity contribution in [2.75, 3.05) is 11.9 Å². The summed E-state index contributed by atoms with van der Waals surface area (Å²) in [5, 5.41) is 18.8. The van der Waals surface area contributed by atoms with E-state index in [-0.39, 0.29) is 17.8 Å². The number of hydrogen-bond donors (Lipinski definition) is 4. The molecule has 0 spiro atoms. The first-order valence-electron chi connectivity index (χ1n) is 5.29. The zero-order chi connectivity index (χ0) is 13.7. The van der Waals surface area contributed by atoms with Crippen LogP contribution in [0.2, 0.25) is 0 Å². The summed E-state index contributed by atoms with van der Waals surface area (Å²) in [6.45, 7) is 1.55. The molecule has 18 heavy (non-hydrogen) atoms. The van der Waals surface area contributed by atoms with Gasteiger partial charge in [0.2, 0.25) is 0 Å². The molecule has 0 aliphatic rings. The van der Waals surface area contributed by atoms with Crippen LogP contribution in [0.5, 0.6) is 0 Å². The molecule has 5 N–H and O–H groups in total. The minimum absolute atomic E-state index is 0.260. The van der Waals surface area contributed by atoms with E-state index in [1.807, 2.05) is 6.92 Å². The molecule has 0 atom stereocenters. The molecule has 0 saturated heterocycles. The van der Waals surface area contributed by atoms with E-state index < -0.39 is 11.9 Å². The van der Waals surface area contributed by atoms with Gasteiger partial charge in [-0.15, -0.1) is 0 Å². The van der Waals surface area contributed by atoms with Crippen LogP contribution < -0.4 is 11.1 Å². The van der Waals surface area contributed by atoms with Crippen LogP contribution in [0.1, 0.15) is 18.2 Å². The Hall–Kier alpha value is -2.44. The molecule has 1 rings (SSSR count). The lowest BCUT2D eigenvalue weighted by Gasteiger charge is -2.11. The van der Waals surface area contributed by atoms with E-state index in [4.69, 9.17) is 16.2 Å². The fraction of sp³-hybridized carbons (Fsp3) is 0.273. The van der Waals surface area contributed by atoms with E-state index in [0.29, 0.717) is 17.8 Å². The fourth-order valence-electron chi connectivity index (χ4n) is 1.34. The Morgan fingerprint density at radius 2 is 2.22 bits per heavy atom.